The van der Waals surface area contributed by atoms with Gasteiger partial charge in [-0.2, -0.15) is 0 Å². The maximum atomic E-state index is 11.8. The van der Waals surface area contributed by atoms with E-state index < -0.39 is 24.0 Å². The van der Waals surface area contributed by atoms with Crippen molar-refractivity contribution in [3.63, 3.8) is 0 Å². The SMILES string of the molecule is Cc1cc(=O)oc2cc(OCC(=O)NNC(=O)COc3ccccc3O)ccc12. The van der Waals surface area contributed by atoms with Gasteiger partial charge in [-0.3, -0.25) is 20.4 Å². The first kappa shape index (κ1) is 19.7. The molecule has 0 unspecified atom stereocenters. The number of fused-ring (bicyclic) bond motifs is 1. The zero-order valence-electron chi connectivity index (χ0n) is 15.4. The molecule has 1 heterocycles. The second-order valence-electron chi connectivity index (χ2n) is 6.05. The number of ether oxygens (including phenoxy) is 2. The highest BCUT2D eigenvalue weighted by Crippen LogP contribution is 2.24. The number of hydrogen-bond donors (Lipinski definition) is 3. The third-order valence-electron chi connectivity index (χ3n) is 3.86. The maximum absolute atomic E-state index is 11.8. The van der Waals surface area contributed by atoms with Gasteiger partial charge in [0.1, 0.15) is 11.3 Å². The minimum atomic E-state index is -0.621. The van der Waals surface area contributed by atoms with Crippen molar-refractivity contribution >= 4 is 22.8 Å². The third-order valence-corrected chi connectivity index (χ3v) is 3.86. The number of aromatic hydroxyl groups is 1. The summed E-state index contributed by atoms with van der Waals surface area (Å²) in [4.78, 5) is 35.0. The number of nitrogens with one attached hydrogen (secondary N) is 2. The number of para-hydroxylation sites is 2. The topological polar surface area (TPSA) is 127 Å². The Labute approximate surface area is 164 Å². The Balaban J connectivity index is 1.46. The molecule has 150 valence electrons. The second kappa shape index (κ2) is 8.79. The molecular weight excluding hydrogens is 380 g/mol. The van der Waals surface area contributed by atoms with Gasteiger partial charge in [-0.15, -0.1) is 0 Å². The number of amides is 2. The van der Waals surface area contributed by atoms with Gasteiger partial charge in [-0.25, -0.2) is 4.79 Å². The fourth-order valence-electron chi connectivity index (χ4n) is 2.48. The standard InChI is InChI=1S/C20H18N2O7/c1-12-8-20(26)29-17-9-13(6-7-14(12)17)27-10-18(24)21-22-19(25)11-28-16-5-3-2-4-15(16)23/h2-9,23H,10-11H2,1H3,(H,21,24)(H,22,25). The Morgan fingerprint density at radius 1 is 1.00 bits per heavy atom. The van der Waals surface area contributed by atoms with Crippen molar-refractivity contribution in [3.05, 3.63) is 64.5 Å². The molecule has 2 aromatic carbocycles. The molecule has 3 rings (SSSR count). The molecule has 9 heteroatoms. The molecule has 0 atom stereocenters. The van der Waals surface area contributed by atoms with Crippen LogP contribution in [0.25, 0.3) is 11.0 Å². The van der Waals surface area contributed by atoms with Gasteiger partial charge in [-0.05, 0) is 36.8 Å². The van der Waals surface area contributed by atoms with Crippen LogP contribution < -0.4 is 26.0 Å². The minimum Gasteiger partial charge on any atom is -0.504 e. The van der Waals surface area contributed by atoms with Crippen molar-refractivity contribution < 1.29 is 28.6 Å². The monoisotopic (exact) mass is 398 g/mol. The Morgan fingerprint density at radius 2 is 1.69 bits per heavy atom. The van der Waals surface area contributed by atoms with Crippen LogP contribution in [-0.2, 0) is 9.59 Å². The number of carbonyl (C=O) groups is 2. The summed E-state index contributed by atoms with van der Waals surface area (Å²) in [5.74, 6) is -0.846. The van der Waals surface area contributed by atoms with E-state index in [4.69, 9.17) is 13.9 Å². The normalized spacial score (nSPS) is 10.4. The van der Waals surface area contributed by atoms with E-state index >= 15 is 0 Å². The van der Waals surface area contributed by atoms with E-state index in [9.17, 15) is 19.5 Å². The molecule has 0 saturated carbocycles. The molecule has 0 aliphatic carbocycles. The molecule has 3 N–H and O–H groups in total. The van der Waals surface area contributed by atoms with E-state index in [1.54, 1.807) is 31.2 Å². The predicted molar refractivity (Wildman–Crippen MR) is 103 cm³/mol. The van der Waals surface area contributed by atoms with E-state index in [1.165, 1.54) is 24.3 Å². The summed E-state index contributed by atoms with van der Waals surface area (Å²) in [7, 11) is 0. The lowest BCUT2D eigenvalue weighted by molar-refractivity contribution is -0.131. The molecule has 9 nitrogen and oxygen atoms in total. The number of phenolic OH excluding ortho intramolecular Hbond substituents is 1. The van der Waals surface area contributed by atoms with E-state index in [0.29, 0.717) is 11.3 Å². The van der Waals surface area contributed by atoms with Crippen molar-refractivity contribution in [1.82, 2.24) is 10.9 Å². The molecule has 0 aliphatic rings. The van der Waals surface area contributed by atoms with Crippen LogP contribution in [0.5, 0.6) is 17.2 Å². The van der Waals surface area contributed by atoms with Crippen LogP contribution in [0.3, 0.4) is 0 Å². The van der Waals surface area contributed by atoms with Crippen LogP contribution in [0.1, 0.15) is 5.56 Å². The van der Waals surface area contributed by atoms with E-state index in [0.717, 1.165) is 10.9 Å². The fourth-order valence-corrected chi connectivity index (χ4v) is 2.48. The third kappa shape index (κ3) is 5.25. The molecule has 0 aliphatic heterocycles. The van der Waals surface area contributed by atoms with Crippen molar-refractivity contribution in [2.45, 2.75) is 6.92 Å². The fraction of sp³-hybridized carbons (Fsp3) is 0.150. The van der Waals surface area contributed by atoms with Gasteiger partial charge in [-0.1, -0.05) is 12.1 Å². The number of aryl methyl sites for hydroxylation is 1. The number of hydrazine groups is 1. The van der Waals surface area contributed by atoms with Crippen LogP contribution in [-0.4, -0.2) is 30.1 Å². The molecule has 0 fully saturated rings. The molecule has 1 aromatic heterocycles. The van der Waals surface area contributed by atoms with Crippen molar-refractivity contribution in [2.75, 3.05) is 13.2 Å². The Hall–Kier alpha value is -4.01. The molecule has 0 spiro atoms. The average Bonchev–Trinajstić information content (AvgIpc) is 2.69. The zero-order valence-corrected chi connectivity index (χ0v) is 15.4. The number of carbonyl (C=O) groups excluding carboxylic acids is 2. The van der Waals surface area contributed by atoms with Crippen LogP contribution >= 0.6 is 0 Å². The highest BCUT2D eigenvalue weighted by atomic mass is 16.5. The van der Waals surface area contributed by atoms with Crippen molar-refractivity contribution in [1.29, 1.82) is 0 Å². The summed E-state index contributed by atoms with van der Waals surface area (Å²) in [6, 6.07) is 12.4. The molecule has 29 heavy (non-hydrogen) atoms. The Kier molecular flexibility index (Phi) is 5.98. The minimum absolute atomic E-state index is 0.0980. The lowest BCUT2D eigenvalue weighted by atomic mass is 10.1. The Bertz CT molecular complexity index is 1110. The highest BCUT2D eigenvalue weighted by Gasteiger charge is 2.09. The maximum Gasteiger partial charge on any atom is 0.336 e. The number of phenols is 1. The lowest BCUT2D eigenvalue weighted by Gasteiger charge is -2.10. The van der Waals surface area contributed by atoms with E-state index in [-0.39, 0.29) is 18.1 Å². The summed E-state index contributed by atoms with van der Waals surface area (Å²) in [5.41, 5.74) is 5.00. The predicted octanol–water partition coefficient (Wildman–Crippen LogP) is 1.41. The van der Waals surface area contributed by atoms with Gasteiger partial charge < -0.3 is 19.0 Å². The summed E-state index contributed by atoms with van der Waals surface area (Å²) in [5, 5.41) is 10.3. The van der Waals surface area contributed by atoms with Gasteiger partial charge in [0, 0.05) is 17.5 Å². The van der Waals surface area contributed by atoms with Crippen LogP contribution in [0.2, 0.25) is 0 Å². The first-order valence-electron chi connectivity index (χ1n) is 8.58. The molecule has 0 bridgehead atoms. The first-order chi connectivity index (χ1) is 13.9. The average molecular weight is 398 g/mol. The summed E-state index contributed by atoms with van der Waals surface area (Å²) in [6.45, 7) is 1.02. The van der Waals surface area contributed by atoms with Crippen LogP contribution in [0.15, 0.2) is 57.7 Å². The number of rotatable bonds is 6. The van der Waals surface area contributed by atoms with Gasteiger partial charge in [0.25, 0.3) is 11.8 Å². The van der Waals surface area contributed by atoms with Gasteiger partial charge in [0.15, 0.2) is 24.7 Å². The van der Waals surface area contributed by atoms with Crippen LogP contribution in [0.4, 0.5) is 0 Å². The zero-order chi connectivity index (χ0) is 20.8. The van der Waals surface area contributed by atoms with Gasteiger partial charge in [0.2, 0.25) is 0 Å². The first-order valence-corrected chi connectivity index (χ1v) is 8.58. The molecular formula is C20H18N2O7. The van der Waals surface area contributed by atoms with Crippen molar-refractivity contribution in [3.8, 4) is 17.2 Å². The quantitative estimate of drug-likeness (QED) is 0.423. The molecule has 0 radical (unpaired) electrons. The lowest BCUT2D eigenvalue weighted by Crippen LogP contribution is -2.45. The second-order valence-corrected chi connectivity index (χ2v) is 6.05. The summed E-state index contributed by atoms with van der Waals surface area (Å²) < 4.78 is 15.6. The van der Waals surface area contributed by atoms with E-state index in [1.807, 2.05) is 0 Å². The smallest absolute Gasteiger partial charge is 0.336 e. The van der Waals surface area contributed by atoms with Gasteiger partial charge in [0.05, 0.1) is 0 Å². The summed E-state index contributed by atoms with van der Waals surface area (Å²) >= 11 is 0. The van der Waals surface area contributed by atoms with Gasteiger partial charge >= 0.3 is 5.63 Å². The summed E-state index contributed by atoms with van der Waals surface area (Å²) in [6.07, 6.45) is 0. The number of hydrogen-bond acceptors (Lipinski definition) is 7. The largest absolute Gasteiger partial charge is 0.504 e. The highest BCUT2D eigenvalue weighted by molar-refractivity contribution is 5.84. The number of benzene rings is 2. The van der Waals surface area contributed by atoms with Crippen LogP contribution in [0, 0.1) is 6.92 Å². The van der Waals surface area contributed by atoms with E-state index in [2.05, 4.69) is 10.9 Å². The van der Waals surface area contributed by atoms with Crippen molar-refractivity contribution in [2.24, 2.45) is 0 Å². The Morgan fingerprint density at radius 3 is 2.41 bits per heavy atom. The molecule has 0 saturated heterocycles. The molecule has 2 amide bonds. The molecule has 3 aromatic rings.